The van der Waals surface area contributed by atoms with E-state index in [2.05, 4.69) is 20.9 Å². The van der Waals surface area contributed by atoms with Crippen molar-refractivity contribution in [1.29, 1.82) is 0 Å². The first-order valence-corrected chi connectivity index (χ1v) is 11.8. The lowest BCUT2D eigenvalue weighted by Gasteiger charge is -2.14. The Morgan fingerprint density at radius 2 is 2.00 bits per heavy atom. The van der Waals surface area contributed by atoms with Crippen molar-refractivity contribution in [3.8, 4) is 11.5 Å². The molecule has 0 radical (unpaired) electrons. The fourth-order valence-electron chi connectivity index (χ4n) is 3.02. The van der Waals surface area contributed by atoms with Crippen LogP contribution in [0.4, 0.5) is 5.69 Å². The van der Waals surface area contributed by atoms with Gasteiger partial charge >= 0.3 is 0 Å². The van der Waals surface area contributed by atoms with Crippen LogP contribution < -0.4 is 14.4 Å². The number of hydrogen-bond donors (Lipinski definition) is 0. The zero-order chi connectivity index (χ0) is 22.7. The molecule has 1 aliphatic rings. The molecule has 2 heterocycles. The number of halogens is 2. The van der Waals surface area contributed by atoms with E-state index in [9.17, 15) is 4.79 Å². The Morgan fingerprint density at radius 3 is 2.69 bits per heavy atom. The van der Waals surface area contributed by atoms with Gasteiger partial charge in [0.1, 0.15) is 6.61 Å². The summed E-state index contributed by atoms with van der Waals surface area (Å²) in [5.41, 5.74) is 2.25. The second-order valence-corrected chi connectivity index (χ2v) is 9.60. The molecule has 5 nitrogen and oxygen atoms in total. The van der Waals surface area contributed by atoms with E-state index in [-0.39, 0.29) is 5.91 Å². The summed E-state index contributed by atoms with van der Waals surface area (Å²) in [5, 5.41) is 0.594. The molecule has 1 aromatic heterocycles. The van der Waals surface area contributed by atoms with Gasteiger partial charge in [0.15, 0.2) is 15.8 Å². The molecule has 0 unspecified atom stereocenters. The predicted octanol–water partition coefficient (Wildman–Crippen LogP) is 6.49. The van der Waals surface area contributed by atoms with E-state index in [1.54, 1.807) is 43.6 Å². The minimum atomic E-state index is -0.187. The van der Waals surface area contributed by atoms with Crippen molar-refractivity contribution in [1.82, 2.24) is 4.98 Å². The number of amides is 1. The number of thiocarbonyl (C=S) groups is 1. The molecule has 4 rings (SSSR count). The van der Waals surface area contributed by atoms with Crippen molar-refractivity contribution in [2.75, 3.05) is 12.0 Å². The Balaban J connectivity index is 1.58. The molecule has 1 aliphatic heterocycles. The number of ether oxygens (including phenoxy) is 2. The third-order valence-corrected chi connectivity index (χ3v) is 6.66. The molecule has 162 valence electrons. The molecule has 1 amide bonds. The third kappa shape index (κ3) is 4.99. The van der Waals surface area contributed by atoms with Crippen LogP contribution in [0.3, 0.4) is 0 Å². The summed E-state index contributed by atoms with van der Waals surface area (Å²) in [6, 6.07) is 16.3. The fourth-order valence-corrected chi connectivity index (χ4v) is 5.02. The van der Waals surface area contributed by atoms with Gasteiger partial charge in [-0.05, 0) is 76.1 Å². The summed E-state index contributed by atoms with van der Waals surface area (Å²) in [6.45, 7) is 0.300. The minimum absolute atomic E-state index is 0.187. The predicted molar refractivity (Wildman–Crippen MR) is 136 cm³/mol. The molecule has 1 fully saturated rings. The molecule has 0 spiro atoms. The summed E-state index contributed by atoms with van der Waals surface area (Å²) >= 11 is 16.2. The van der Waals surface area contributed by atoms with Gasteiger partial charge in [0.2, 0.25) is 0 Å². The largest absolute Gasteiger partial charge is 0.493 e. The lowest BCUT2D eigenvalue weighted by Crippen LogP contribution is -2.27. The molecule has 2 aromatic carbocycles. The van der Waals surface area contributed by atoms with E-state index in [0.29, 0.717) is 42.5 Å². The van der Waals surface area contributed by atoms with Gasteiger partial charge in [-0.3, -0.25) is 14.7 Å². The zero-order valence-electron chi connectivity index (χ0n) is 16.7. The number of hydrogen-bond acceptors (Lipinski definition) is 6. The first-order valence-electron chi connectivity index (χ1n) is 9.40. The molecule has 0 aliphatic carbocycles. The van der Waals surface area contributed by atoms with Crippen molar-refractivity contribution in [3.63, 3.8) is 0 Å². The van der Waals surface area contributed by atoms with Crippen LogP contribution >= 0.6 is 51.5 Å². The molecule has 3 aromatic rings. The highest BCUT2D eigenvalue weighted by Gasteiger charge is 2.33. The average Bonchev–Trinajstić information content (AvgIpc) is 3.06. The molecule has 32 heavy (non-hydrogen) atoms. The van der Waals surface area contributed by atoms with E-state index in [4.69, 9.17) is 33.3 Å². The Labute approximate surface area is 208 Å². The van der Waals surface area contributed by atoms with Crippen LogP contribution in [-0.4, -0.2) is 22.3 Å². The molecule has 0 atom stereocenters. The average molecular weight is 548 g/mol. The van der Waals surface area contributed by atoms with Crippen LogP contribution in [0.2, 0.25) is 5.02 Å². The van der Waals surface area contributed by atoms with E-state index >= 15 is 0 Å². The van der Waals surface area contributed by atoms with Crippen molar-refractivity contribution < 1.29 is 14.3 Å². The lowest BCUT2D eigenvalue weighted by atomic mass is 10.1. The van der Waals surface area contributed by atoms with E-state index in [1.165, 1.54) is 16.7 Å². The van der Waals surface area contributed by atoms with Crippen molar-refractivity contribution in [2.45, 2.75) is 6.61 Å². The molecule has 0 N–H and O–H groups in total. The van der Waals surface area contributed by atoms with Crippen LogP contribution in [0.25, 0.3) is 6.08 Å². The summed E-state index contributed by atoms with van der Waals surface area (Å²) in [5.74, 6) is 0.909. The molecular weight excluding hydrogens is 532 g/mol. The standard InChI is InChI=1S/C23H16BrClN2O3S2/c1-29-19-11-14(10-18(24)21(19)30-13-16-4-2-3-9-26-16)12-20-22(28)27(23(31)32-20)17-7-5-15(25)6-8-17/h2-12H,13H2,1H3/b20-12-. The van der Waals surface area contributed by atoms with Crippen molar-refractivity contribution >= 4 is 73.5 Å². The number of rotatable bonds is 6. The number of benzene rings is 2. The highest BCUT2D eigenvalue weighted by molar-refractivity contribution is 9.10. The molecular formula is C23H16BrClN2O3S2. The maximum absolute atomic E-state index is 13.0. The Hall–Kier alpha value is -2.39. The normalized spacial score (nSPS) is 14.8. The first-order chi connectivity index (χ1) is 15.5. The zero-order valence-corrected chi connectivity index (χ0v) is 20.7. The highest BCUT2D eigenvalue weighted by atomic mass is 79.9. The monoisotopic (exact) mass is 546 g/mol. The molecule has 9 heteroatoms. The third-order valence-electron chi connectivity index (χ3n) is 4.52. The number of nitrogens with zero attached hydrogens (tertiary/aromatic N) is 2. The number of thioether (sulfide) groups is 1. The van der Waals surface area contributed by atoms with Gasteiger partial charge in [0.25, 0.3) is 5.91 Å². The van der Waals surface area contributed by atoms with Crippen molar-refractivity contribution in [2.24, 2.45) is 0 Å². The SMILES string of the molecule is COc1cc(/C=C2\SC(=S)N(c3ccc(Cl)cc3)C2=O)cc(Br)c1OCc1ccccn1. The Bertz CT molecular complexity index is 1200. The summed E-state index contributed by atoms with van der Waals surface area (Å²) in [7, 11) is 1.57. The number of anilines is 1. The van der Waals surface area contributed by atoms with Gasteiger partial charge in [0.05, 0.1) is 27.9 Å². The van der Waals surface area contributed by atoms with Crippen LogP contribution in [0, 0.1) is 0 Å². The fraction of sp³-hybridized carbons (Fsp3) is 0.0870. The van der Waals surface area contributed by atoms with Gasteiger partial charge in [-0.25, -0.2) is 0 Å². The van der Waals surface area contributed by atoms with Gasteiger partial charge in [-0.2, -0.15) is 0 Å². The summed E-state index contributed by atoms with van der Waals surface area (Å²) < 4.78 is 12.6. The van der Waals surface area contributed by atoms with E-state index in [1.807, 2.05) is 30.3 Å². The Kier molecular flexibility index (Phi) is 7.15. The van der Waals surface area contributed by atoms with Crippen LogP contribution in [0.15, 0.2) is 70.2 Å². The number of aromatic nitrogens is 1. The highest BCUT2D eigenvalue weighted by Crippen LogP contribution is 2.40. The topological polar surface area (TPSA) is 51.7 Å². The molecule has 0 saturated carbocycles. The van der Waals surface area contributed by atoms with Crippen molar-refractivity contribution in [3.05, 3.63) is 86.5 Å². The Morgan fingerprint density at radius 1 is 1.22 bits per heavy atom. The smallest absolute Gasteiger partial charge is 0.270 e. The van der Waals surface area contributed by atoms with Crippen LogP contribution in [0.1, 0.15) is 11.3 Å². The minimum Gasteiger partial charge on any atom is -0.493 e. The maximum atomic E-state index is 13.0. The maximum Gasteiger partial charge on any atom is 0.270 e. The molecule has 1 saturated heterocycles. The lowest BCUT2D eigenvalue weighted by molar-refractivity contribution is -0.113. The number of methoxy groups -OCH3 is 1. The quantitative estimate of drug-likeness (QED) is 0.260. The number of pyridine rings is 1. The number of carbonyl (C=O) groups excluding carboxylic acids is 1. The van der Waals surface area contributed by atoms with Gasteiger partial charge in [-0.1, -0.05) is 41.6 Å². The van der Waals surface area contributed by atoms with Gasteiger partial charge in [0, 0.05) is 11.2 Å². The van der Waals surface area contributed by atoms with E-state index in [0.717, 1.165) is 11.3 Å². The molecule has 0 bridgehead atoms. The van der Waals surface area contributed by atoms with Crippen LogP contribution in [0.5, 0.6) is 11.5 Å². The summed E-state index contributed by atoms with van der Waals surface area (Å²) in [4.78, 5) is 19.3. The van der Waals surface area contributed by atoms with Crippen LogP contribution in [-0.2, 0) is 11.4 Å². The van der Waals surface area contributed by atoms with Gasteiger partial charge in [-0.15, -0.1) is 0 Å². The first kappa shape index (κ1) is 22.8. The second-order valence-electron chi connectivity index (χ2n) is 6.64. The van der Waals surface area contributed by atoms with E-state index < -0.39 is 0 Å². The summed E-state index contributed by atoms with van der Waals surface area (Å²) in [6.07, 6.45) is 3.50. The van der Waals surface area contributed by atoms with Gasteiger partial charge < -0.3 is 9.47 Å². The number of carbonyl (C=O) groups is 1. The second kappa shape index (κ2) is 10.0.